The monoisotopic (exact) mass is 362 g/mol. The highest BCUT2D eigenvalue weighted by atomic mass is 16.4. The fraction of sp³-hybridized carbons (Fsp3) is 0.190. The number of hydrogen-bond donors (Lipinski definition) is 1. The van der Waals surface area contributed by atoms with Crippen LogP contribution in [0.2, 0.25) is 0 Å². The lowest BCUT2D eigenvalue weighted by Crippen LogP contribution is -2.21. The Bertz CT molecular complexity index is 1240. The van der Waals surface area contributed by atoms with Crippen LogP contribution in [0, 0.1) is 20.8 Å². The first-order valence-corrected chi connectivity index (χ1v) is 8.61. The van der Waals surface area contributed by atoms with Gasteiger partial charge >= 0.3 is 5.63 Å². The van der Waals surface area contributed by atoms with E-state index >= 15 is 0 Å². The molecule has 0 atom stereocenters. The standard InChI is InChI=1S/C21H18N2O4/c1-11-13(3)26-17-10-18-15(8-14(11)17)12(2)16(21(25)27-18)9-20(24)23-19-6-4-5-7-22-19/h4-8,10H,9H2,1-3H3,(H,22,23,24). The van der Waals surface area contributed by atoms with Crippen LogP contribution in [0.4, 0.5) is 5.82 Å². The van der Waals surface area contributed by atoms with Crippen molar-refractivity contribution in [3.8, 4) is 0 Å². The van der Waals surface area contributed by atoms with E-state index in [4.69, 9.17) is 8.83 Å². The number of nitrogens with zero attached hydrogens (tertiary/aromatic N) is 1. The first-order valence-electron chi connectivity index (χ1n) is 8.61. The highest BCUT2D eigenvalue weighted by Gasteiger charge is 2.17. The van der Waals surface area contributed by atoms with Gasteiger partial charge in [0.15, 0.2) is 0 Å². The highest BCUT2D eigenvalue weighted by Crippen LogP contribution is 2.31. The van der Waals surface area contributed by atoms with Gasteiger partial charge in [-0.1, -0.05) is 6.07 Å². The average Bonchev–Trinajstić information content (AvgIpc) is 2.92. The van der Waals surface area contributed by atoms with Gasteiger partial charge < -0.3 is 14.2 Å². The molecule has 136 valence electrons. The van der Waals surface area contributed by atoms with Gasteiger partial charge in [0, 0.05) is 23.0 Å². The van der Waals surface area contributed by atoms with Crippen molar-refractivity contribution in [1.82, 2.24) is 4.98 Å². The second-order valence-electron chi connectivity index (χ2n) is 6.56. The number of carbonyl (C=O) groups is 1. The van der Waals surface area contributed by atoms with Gasteiger partial charge in [0.25, 0.3) is 0 Å². The van der Waals surface area contributed by atoms with Crippen LogP contribution in [0.3, 0.4) is 0 Å². The number of amides is 1. The Kier molecular flexibility index (Phi) is 4.03. The lowest BCUT2D eigenvalue weighted by Gasteiger charge is -2.08. The van der Waals surface area contributed by atoms with Crippen molar-refractivity contribution in [3.63, 3.8) is 0 Å². The SMILES string of the molecule is Cc1oc2cc3oc(=O)c(CC(=O)Nc4ccccn4)c(C)c3cc2c1C. The lowest BCUT2D eigenvalue weighted by molar-refractivity contribution is -0.115. The number of nitrogens with one attached hydrogen (secondary N) is 1. The summed E-state index contributed by atoms with van der Waals surface area (Å²) in [4.78, 5) is 28.9. The zero-order valence-corrected chi connectivity index (χ0v) is 15.3. The third-order valence-corrected chi connectivity index (χ3v) is 4.85. The molecule has 0 unspecified atom stereocenters. The van der Waals surface area contributed by atoms with Crippen LogP contribution < -0.4 is 10.9 Å². The second-order valence-corrected chi connectivity index (χ2v) is 6.56. The summed E-state index contributed by atoms with van der Waals surface area (Å²) >= 11 is 0. The van der Waals surface area contributed by atoms with Crippen molar-refractivity contribution in [2.24, 2.45) is 0 Å². The number of furan rings is 1. The van der Waals surface area contributed by atoms with E-state index in [2.05, 4.69) is 10.3 Å². The number of aromatic nitrogens is 1. The maximum absolute atomic E-state index is 12.5. The molecule has 0 aliphatic carbocycles. The molecule has 0 saturated heterocycles. The van der Waals surface area contributed by atoms with Crippen LogP contribution in [0.15, 0.2) is 50.2 Å². The molecule has 3 aromatic heterocycles. The number of aryl methyl sites for hydroxylation is 3. The van der Waals surface area contributed by atoms with Crippen molar-refractivity contribution >= 4 is 33.7 Å². The Labute approximate surface area is 154 Å². The summed E-state index contributed by atoms with van der Waals surface area (Å²) in [5.41, 5.74) is 2.74. The predicted octanol–water partition coefficient (Wildman–Crippen LogP) is 4.04. The van der Waals surface area contributed by atoms with E-state index in [9.17, 15) is 9.59 Å². The minimum atomic E-state index is -0.518. The molecule has 1 amide bonds. The number of pyridine rings is 1. The Morgan fingerprint density at radius 3 is 2.52 bits per heavy atom. The molecule has 0 bridgehead atoms. The van der Waals surface area contributed by atoms with Crippen LogP contribution >= 0.6 is 0 Å². The minimum absolute atomic E-state index is 0.0812. The van der Waals surface area contributed by atoms with E-state index in [-0.39, 0.29) is 12.3 Å². The number of carbonyl (C=O) groups excluding carboxylic acids is 1. The lowest BCUT2D eigenvalue weighted by atomic mass is 10.0. The summed E-state index contributed by atoms with van der Waals surface area (Å²) in [5, 5.41) is 4.46. The van der Waals surface area contributed by atoms with Crippen LogP contribution in [-0.4, -0.2) is 10.9 Å². The fourth-order valence-corrected chi connectivity index (χ4v) is 3.21. The molecule has 0 spiro atoms. The fourth-order valence-electron chi connectivity index (χ4n) is 3.21. The smallest absolute Gasteiger partial charge is 0.340 e. The summed E-state index contributed by atoms with van der Waals surface area (Å²) < 4.78 is 11.2. The van der Waals surface area contributed by atoms with Crippen LogP contribution in [0.1, 0.15) is 22.5 Å². The van der Waals surface area contributed by atoms with E-state index < -0.39 is 5.63 Å². The van der Waals surface area contributed by atoms with Crippen molar-refractivity contribution in [2.45, 2.75) is 27.2 Å². The maximum atomic E-state index is 12.5. The molecule has 27 heavy (non-hydrogen) atoms. The average molecular weight is 362 g/mol. The molecule has 4 aromatic rings. The Morgan fingerprint density at radius 2 is 1.78 bits per heavy atom. The first-order chi connectivity index (χ1) is 12.9. The van der Waals surface area contributed by atoms with Gasteiger partial charge in [-0.05, 0) is 50.1 Å². The van der Waals surface area contributed by atoms with Crippen molar-refractivity contribution in [3.05, 3.63) is 69.4 Å². The molecule has 0 fully saturated rings. The number of benzene rings is 1. The molecule has 0 radical (unpaired) electrons. The molecule has 0 saturated carbocycles. The Balaban J connectivity index is 1.76. The summed E-state index contributed by atoms with van der Waals surface area (Å²) in [6, 6.07) is 8.91. The Morgan fingerprint density at radius 1 is 1.04 bits per heavy atom. The van der Waals surface area contributed by atoms with Gasteiger partial charge in [0.05, 0.1) is 12.0 Å². The van der Waals surface area contributed by atoms with Gasteiger partial charge in [-0.15, -0.1) is 0 Å². The molecule has 1 aromatic carbocycles. The summed E-state index contributed by atoms with van der Waals surface area (Å²) in [7, 11) is 0. The Hall–Kier alpha value is -3.41. The van der Waals surface area contributed by atoms with Gasteiger partial charge in [-0.25, -0.2) is 9.78 Å². The topological polar surface area (TPSA) is 85.3 Å². The van der Waals surface area contributed by atoms with E-state index in [1.165, 1.54) is 0 Å². The normalized spacial score (nSPS) is 11.2. The number of fused-ring (bicyclic) bond motifs is 2. The summed E-state index contributed by atoms with van der Waals surface area (Å²) in [6.07, 6.45) is 1.51. The largest absolute Gasteiger partial charge is 0.461 e. The molecular weight excluding hydrogens is 344 g/mol. The van der Waals surface area contributed by atoms with Crippen molar-refractivity contribution in [2.75, 3.05) is 5.32 Å². The van der Waals surface area contributed by atoms with E-state index in [0.29, 0.717) is 22.5 Å². The quantitative estimate of drug-likeness (QED) is 0.556. The zero-order valence-electron chi connectivity index (χ0n) is 15.3. The number of anilines is 1. The third kappa shape index (κ3) is 2.99. The second kappa shape index (κ2) is 6.39. The molecule has 6 nitrogen and oxygen atoms in total. The van der Waals surface area contributed by atoms with Crippen molar-refractivity contribution in [1.29, 1.82) is 0 Å². The van der Waals surface area contributed by atoms with Gasteiger partial charge in [-0.2, -0.15) is 0 Å². The first kappa shape index (κ1) is 17.0. The molecule has 3 heterocycles. The van der Waals surface area contributed by atoms with Gasteiger partial charge in [-0.3, -0.25) is 4.79 Å². The van der Waals surface area contributed by atoms with Crippen LogP contribution in [-0.2, 0) is 11.2 Å². The zero-order chi connectivity index (χ0) is 19.1. The van der Waals surface area contributed by atoms with Crippen LogP contribution in [0.25, 0.3) is 21.9 Å². The van der Waals surface area contributed by atoms with Crippen LogP contribution in [0.5, 0.6) is 0 Å². The van der Waals surface area contributed by atoms with E-state index in [0.717, 1.165) is 27.7 Å². The number of rotatable bonds is 3. The molecular formula is C21H18N2O4. The molecule has 0 aliphatic rings. The predicted molar refractivity (Wildman–Crippen MR) is 103 cm³/mol. The van der Waals surface area contributed by atoms with Crippen molar-refractivity contribution < 1.29 is 13.6 Å². The number of hydrogen-bond acceptors (Lipinski definition) is 5. The minimum Gasteiger partial charge on any atom is -0.461 e. The summed E-state index contributed by atoms with van der Waals surface area (Å²) in [5.74, 6) is 0.951. The van der Waals surface area contributed by atoms with E-state index in [1.807, 2.05) is 26.8 Å². The van der Waals surface area contributed by atoms with Gasteiger partial charge in [0.2, 0.25) is 5.91 Å². The van der Waals surface area contributed by atoms with E-state index in [1.54, 1.807) is 30.5 Å². The molecule has 1 N–H and O–H groups in total. The maximum Gasteiger partial charge on any atom is 0.340 e. The van der Waals surface area contributed by atoms with Gasteiger partial charge in [0.1, 0.15) is 22.7 Å². The third-order valence-electron chi connectivity index (χ3n) is 4.85. The molecule has 6 heteroatoms. The molecule has 0 aliphatic heterocycles. The molecule has 4 rings (SSSR count). The highest BCUT2D eigenvalue weighted by molar-refractivity contribution is 5.98. The summed E-state index contributed by atoms with van der Waals surface area (Å²) in [6.45, 7) is 5.72.